The number of halogens is 3. The van der Waals surface area contributed by atoms with Gasteiger partial charge in [-0.05, 0) is 74.7 Å². The van der Waals surface area contributed by atoms with Crippen LogP contribution < -0.4 is 40.5 Å². The largest absolute Gasteiger partial charge is 0.494 e. The van der Waals surface area contributed by atoms with Crippen LogP contribution in [0, 0.1) is 25.5 Å². The number of aromatic nitrogens is 5. The Kier molecular flexibility index (Phi) is 13.3. The summed E-state index contributed by atoms with van der Waals surface area (Å²) in [6.07, 6.45) is 3.34. The molecule has 5 amide bonds. The van der Waals surface area contributed by atoms with Crippen molar-refractivity contribution in [1.29, 1.82) is 0 Å². The van der Waals surface area contributed by atoms with E-state index in [1.165, 1.54) is 30.2 Å². The van der Waals surface area contributed by atoms with Crippen LogP contribution >= 0.6 is 11.6 Å². The monoisotopic (exact) mass is 1070 g/mol. The topological polar surface area (TPSA) is 198 Å². The number of fused-ring (bicyclic) bond motifs is 2. The van der Waals surface area contributed by atoms with Crippen LogP contribution in [0.1, 0.15) is 75.3 Å². The molecule has 21 heteroatoms. The number of nitrogens with zero attached hydrogens (tertiary/aromatic N) is 9. The zero-order chi connectivity index (χ0) is 54.0. The first-order chi connectivity index (χ1) is 37.1. The van der Waals surface area contributed by atoms with E-state index in [2.05, 4.69) is 31.6 Å². The molecule has 4 aliphatic heterocycles. The van der Waals surface area contributed by atoms with Crippen molar-refractivity contribution in [2.24, 2.45) is 12.8 Å². The van der Waals surface area contributed by atoms with Crippen LogP contribution in [0.4, 0.5) is 30.8 Å². The fraction of sp³-hybridized carbons (Fsp3) is 0.339. The van der Waals surface area contributed by atoms with E-state index >= 15 is 8.78 Å². The number of benzene rings is 4. The summed E-state index contributed by atoms with van der Waals surface area (Å²) in [5.74, 6) is -2.50. The summed E-state index contributed by atoms with van der Waals surface area (Å²) in [7, 11) is 3.14. The molecule has 4 aliphatic rings. The fourth-order valence-electron chi connectivity index (χ4n) is 11.6. The average Bonchev–Trinajstić information content (AvgIpc) is 4.26. The number of primary amides is 1. The number of carbonyl (C=O) groups is 4. The molecule has 3 aromatic heterocycles. The predicted octanol–water partition coefficient (Wildman–Crippen LogP) is 7.54. The lowest BCUT2D eigenvalue weighted by molar-refractivity contribution is -0.120. The molecule has 2 unspecified atom stereocenters. The van der Waals surface area contributed by atoms with E-state index in [1.807, 2.05) is 93.5 Å². The van der Waals surface area contributed by atoms with Crippen molar-refractivity contribution in [2.75, 3.05) is 74.2 Å². The molecule has 398 valence electrons. The third-order valence-electron chi connectivity index (χ3n) is 15.8. The molecule has 0 radical (unpaired) electrons. The molecule has 7 heterocycles. The van der Waals surface area contributed by atoms with Gasteiger partial charge in [-0.1, -0.05) is 48.9 Å². The Hall–Kier alpha value is -8.10. The highest BCUT2D eigenvalue weighted by Crippen LogP contribution is 2.56. The minimum Gasteiger partial charge on any atom is -0.494 e. The maximum absolute atomic E-state index is 16.3. The normalized spacial score (nSPS) is 18.9. The highest BCUT2D eigenvalue weighted by atomic mass is 35.5. The van der Waals surface area contributed by atoms with Crippen molar-refractivity contribution in [3.63, 3.8) is 0 Å². The number of aryl methyl sites for hydroxylation is 2. The molecule has 0 saturated carbocycles. The Balaban J connectivity index is 0.738. The summed E-state index contributed by atoms with van der Waals surface area (Å²) >= 11 is 6.72. The number of imide groups is 1. The number of likely N-dealkylation sites (tertiary alicyclic amines) is 1. The van der Waals surface area contributed by atoms with E-state index in [4.69, 9.17) is 36.9 Å². The number of piperidine rings is 1. The van der Waals surface area contributed by atoms with Gasteiger partial charge < -0.3 is 35.2 Å². The van der Waals surface area contributed by atoms with E-state index in [1.54, 1.807) is 9.36 Å². The number of carbonyl (C=O) groups excluding carboxylic acids is 4. The Labute approximate surface area is 447 Å². The van der Waals surface area contributed by atoms with Gasteiger partial charge in [0, 0.05) is 112 Å². The lowest BCUT2D eigenvalue weighted by Gasteiger charge is -2.38. The Morgan fingerprint density at radius 3 is 2.30 bits per heavy atom. The maximum Gasteiger partial charge on any atom is 0.329 e. The molecular formula is C56H57ClF2N12O6. The molecule has 4 N–H and O–H groups in total. The number of hydrogen-bond donors (Lipinski definition) is 3. The first kappa shape index (κ1) is 51.0. The molecule has 77 heavy (non-hydrogen) atoms. The van der Waals surface area contributed by atoms with Gasteiger partial charge in [-0.25, -0.2) is 23.2 Å². The van der Waals surface area contributed by atoms with E-state index in [0.29, 0.717) is 60.1 Å². The second-order valence-electron chi connectivity index (χ2n) is 20.1. The lowest BCUT2D eigenvalue weighted by atomic mass is 9.77. The minimum atomic E-state index is -1.12. The van der Waals surface area contributed by atoms with Crippen molar-refractivity contribution in [2.45, 2.75) is 57.6 Å². The van der Waals surface area contributed by atoms with Crippen LogP contribution in [0.15, 0.2) is 85.1 Å². The van der Waals surface area contributed by atoms with Gasteiger partial charge in [0.05, 0.1) is 52.0 Å². The van der Waals surface area contributed by atoms with Gasteiger partial charge in [0.15, 0.2) is 28.8 Å². The highest BCUT2D eigenvalue weighted by Gasteiger charge is 2.50. The standard InChI is InChI=1S/C56H57ClF2N12O6/c1-31-46-43(28-40(58)50(57)49(46)48-39(52(60)73)14-15-42(76-5)51(48)59)77-56(31,34-9-7-6-8-10-34)30-62-35-17-20-69(21-18-35)54(74)47-32(2)64-71(33(47)3)44-16-12-37(29-61-44)68-25-23-67(24-26-68)36-11-13-38-41(27-36)66(4)65-53(38)70-22-19-45(72)63-55(70)75/h6-16,27-29,31,35,62H,17-26,30H2,1-5H3,(H2,60,73)(H,63,72,75). The Bertz CT molecular complexity index is 3500. The van der Waals surface area contributed by atoms with Crippen molar-refractivity contribution < 1.29 is 37.4 Å². The zero-order valence-electron chi connectivity index (χ0n) is 43.2. The summed E-state index contributed by atoms with van der Waals surface area (Å²) in [6, 6.07) is 22.9. The van der Waals surface area contributed by atoms with Crippen LogP contribution in [-0.4, -0.2) is 119 Å². The highest BCUT2D eigenvalue weighted by molar-refractivity contribution is 6.34. The number of urea groups is 1. The van der Waals surface area contributed by atoms with Crippen molar-refractivity contribution in [3.8, 4) is 28.4 Å². The Morgan fingerprint density at radius 2 is 1.62 bits per heavy atom. The van der Waals surface area contributed by atoms with Gasteiger partial charge in [-0.2, -0.15) is 10.2 Å². The number of anilines is 3. The maximum atomic E-state index is 16.3. The van der Waals surface area contributed by atoms with Gasteiger partial charge >= 0.3 is 6.03 Å². The van der Waals surface area contributed by atoms with E-state index in [0.717, 1.165) is 54.0 Å². The smallest absolute Gasteiger partial charge is 0.329 e. The average molecular weight is 1070 g/mol. The second kappa shape index (κ2) is 20.1. The van der Waals surface area contributed by atoms with Gasteiger partial charge in [0.2, 0.25) is 11.8 Å². The zero-order valence-corrected chi connectivity index (χ0v) is 44.0. The van der Waals surface area contributed by atoms with Gasteiger partial charge in [0.25, 0.3) is 5.91 Å². The lowest BCUT2D eigenvalue weighted by Crippen LogP contribution is -2.51. The van der Waals surface area contributed by atoms with E-state index < -0.39 is 35.1 Å². The summed E-state index contributed by atoms with van der Waals surface area (Å²) in [6.45, 7) is 10.2. The molecule has 0 spiro atoms. The molecule has 18 nitrogen and oxygen atoms in total. The quantitative estimate of drug-likeness (QED) is 0.109. The summed E-state index contributed by atoms with van der Waals surface area (Å²) in [5, 5.41) is 16.0. The van der Waals surface area contributed by atoms with Crippen LogP contribution in [0.3, 0.4) is 0 Å². The van der Waals surface area contributed by atoms with E-state index in [-0.39, 0.29) is 70.6 Å². The number of pyridine rings is 1. The molecule has 4 aromatic carbocycles. The number of amides is 5. The van der Waals surface area contributed by atoms with Crippen LogP contribution in [-0.2, 0) is 17.4 Å². The van der Waals surface area contributed by atoms with Crippen molar-refractivity contribution in [1.82, 2.24) is 40.1 Å². The number of rotatable bonds is 12. The molecule has 0 aliphatic carbocycles. The SMILES string of the molecule is COc1ccc(C(N)=O)c(-c2c(Cl)c(F)cc3c2C(C)C(CNC2CCN(C(=O)c4c(C)nn(-c5ccc(N6CCN(c7ccc8c(N9CCC(=O)NC9=O)nn(C)c8c7)CC6)cn5)c4C)CC2)(c2ccccc2)O3)c1F. The third-order valence-corrected chi connectivity index (χ3v) is 16.1. The van der Waals surface area contributed by atoms with Gasteiger partial charge in [0.1, 0.15) is 11.6 Å². The molecule has 3 fully saturated rings. The van der Waals surface area contributed by atoms with E-state index in [9.17, 15) is 19.2 Å². The molecule has 7 aromatic rings. The number of hydrogen-bond acceptors (Lipinski definition) is 12. The van der Waals surface area contributed by atoms with Crippen LogP contribution in [0.25, 0.3) is 27.8 Å². The van der Waals surface area contributed by atoms with Crippen molar-refractivity contribution >= 4 is 63.4 Å². The van der Waals surface area contributed by atoms with Crippen LogP contribution in [0.2, 0.25) is 5.02 Å². The molecule has 11 rings (SSSR count). The number of piperazine rings is 1. The first-order valence-electron chi connectivity index (χ1n) is 25.6. The van der Waals surface area contributed by atoms with Gasteiger partial charge in [-0.3, -0.25) is 29.3 Å². The summed E-state index contributed by atoms with van der Waals surface area (Å²) < 4.78 is 47.7. The van der Waals surface area contributed by atoms with Crippen LogP contribution in [0.5, 0.6) is 11.5 Å². The summed E-state index contributed by atoms with van der Waals surface area (Å²) in [4.78, 5) is 64.2. The predicted molar refractivity (Wildman–Crippen MR) is 287 cm³/mol. The Morgan fingerprint density at radius 1 is 0.909 bits per heavy atom. The molecule has 0 bridgehead atoms. The van der Waals surface area contributed by atoms with Crippen molar-refractivity contribution in [3.05, 3.63) is 135 Å². The summed E-state index contributed by atoms with van der Waals surface area (Å²) in [5.41, 5.74) is 10.1. The number of methoxy groups -OCH3 is 1. The molecule has 2 atom stereocenters. The number of nitrogens with one attached hydrogen (secondary N) is 2. The molecule has 3 saturated heterocycles. The fourth-order valence-corrected chi connectivity index (χ4v) is 11.8. The molecular weight excluding hydrogens is 1010 g/mol. The first-order valence-corrected chi connectivity index (χ1v) is 26.0. The second-order valence-corrected chi connectivity index (χ2v) is 20.4. The minimum absolute atomic E-state index is 0.0245. The third kappa shape index (κ3) is 8.91. The van der Waals surface area contributed by atoms with Gasteiger partial charge in [-0.15, -0.1) is 0 Å². The number of ether oxygens (including phenoxy) is 2. The number of nitrogens with two attached hydrogens (primary N) is 1.